The molecule has 0 amide bonds. The standard InChI is InChI=1S/C18H19NO4S/c1-12-3-10-17(13(2)11-12)23-18(20)14-4-8-16(9-5-14)24(21,22)19-15-6-7-15/h3-5,8-11,15,19H,6-7H2,1-2H3. The first-order valence-electron chi connectivity index (χ1n) is 7.77. The molecule has 0 saturated heterocycles. The van der Waals surface area contributed by atoms with E-state index in [-0.39, 0.29) is 10.9 Å². The number of aryl methyl sites for hydroxylation is 2. The molecule has 1 fully saturated rings. The monoisotopic (exact) mass is 345 g/mol. The lowest BCUT2D eigenvalue weighted by Gasteiger charge is -2.09. The molecular formula is C18H19NO4S. The molecule has 1 saturated carbocycles. The maximum Gasteiger partial charge on any atom is 0.343 e. The number of hydrogen-bond donors (Lipinski definition) is 1. The van der Waals surface area contributed by atoms with Gasteiger partial charge in [-0.25, -0.2) is 17.9 Å². The Labute approximate surface area is 141 Å². The molecule has 0 spiro atoms. The van der Waals surface area contributed by atoms with Gasteiger partial charge in [0.15, 0.2) is 0 Å². The first kappa shape index (κ1) is 16.7. The van der Waals surface area contributed by atoms with Crippen molar-refractivity contribution >= 4 is 16.0 Å². The van der Waals surface area contributed by atoms with Crippen LogP contribution in [0.2, 0.25) is 0 Å². The maximum atomic E-state index is 12.2. The summed E-state index contributed by atoms with van der Waals surface area (Å²) in [4.78, 5) is 12.4. The van der Waals surface area contributed by atoms with Gasteiger partial charge in [0.1, 0.15) is 5.75 Å². The molecule has 2 aromatic carbocycles. The Morgan fingerprint density at radius 3 is 2.33 bits per heavy atom. The summed E-state index contributed by atoms with van der Waals surface area (Å²) in [5.74, 6) is -0.0150. The van der Waals surface area contributed by atoms with Crippen LogP contribution in [0, 0.1) is 13.8 Å². The molecule has 0 aliphatic heterocycles. The summed E-state index contributed by atoms with van der Waals surface area (Å²) in [6, 6.07) is 11.4. The summed E-state index contributed by atoms with van der Waals surface area (Å²) in [7, 11) is -3.51. The quantitative estimate of drug-likeness (QED) is 0.668. The second kappa shape index (κ2) is 6.37. The van der Waals surface area contributed by atoms with Crippen molar-refractivity contribution in [2.75, 3.05) is 0 Å². The zero-order valence-corrected chi connectivity index (χ0v) is 14.4. The van der Waals surface area contributed by atoms with E-state index < -0.39 is 16.0 Å². The lowest BCUT2D eigenvalue weighted by molar-refractivity contribution is 0.0733. The van der Waals surface area contributed by atoms with Crippen molar-refractivity contribution in [3.8, 4) is 5.75 Å². The van der Waals surface area contributed by atoms with E-state index in [4.69, 9.17) is 4.74 Å². The number of esters is 1. The molecule has 126 valence electrons. The number of benzene rings is 2. The maximum absolute atomic E-state index is 12.2. The molecule has 0 bridgehead atoms. The first-order chi connectivity index (χ1) is 11.3. The Hall–Kier alpha value is -2.18. The molecule has 0 atom stereocenters. The molecule has 0 unspecified atom stereocenters. The molecule has 0 aromatic heterocycles. The van der Waals surface area contributed by atoms with Crippen LogP contribution in [0.1, 0.15) is 34.3 Å². The minimum absolute atomic E-state index is 0.0455. The molecule has 1 aliphatic carbocycles. The fourth-order valence-electron chi connectivity index (χ4n) is 2.33. The van der Waals surface area contributed by atoms with Crippen LogP contribution in [-0.4, -0.2) is 20.4 Å². The highest BCUT2D eigenvalue weighted by molar-refractivity contribution is 7.89. The summed E-state index contributed by atoms with van der Waals surface area (Å²) >= 11 is 0. The normalized spacial score (nSPS) is 14.4. The van der Waals surface area contributed by atoms with Gasteiger partial charge >= 0.3 is 5.97 Å². The van der Waals surface area contributed by atoms with Gasteiger partial charge in [-0.1, -0.05) is 17.7 Å². The molecule has 1 aliphatic rings. The van der Waals surface area contributed by atoms with E-state index in [1.165, 1.54) is 24.3 Å². The third-order valence-corrected chi connectivity index (χ3v) is 5.37. The second-order valence-corrected chi connectivity index (χ2v) is 7.79. The van der Waals surface area contributed by atoms with Gasteiger partial charge in [0.05, 0.1) is 10.5 Å². The van der Waals surface area contributed by atoms with Gasteiger partial charge in [0.25, 0.3) is 0 Å². The van der Waals surface area contributed by atoms with Gasteiger partial charge in [-0.3, -0.25) is 0 Å². The summed E-state index contributed by atoms with van der Waals surface area (Å²) in [5, 5.41) is 0. The van der Waals surface area contributed by atoms with Gasteiger partial charge in [-0.15, -0.1) is 0 Å². The van der Waals surface area contributed by atoms with Crippen molar-refractivity contribution in [2.24, 2.45) is 0 Å². The van der Waals surface area contributed by atoms with E-state index in [9.17, 15) is 13.2 Å². The highest BCUT2D eigenvalue weighted by atomic mass is 32.2. The van der Waals surface area contributed by atoms with E-state index >= 15 is 0 Å². The molecular weight excluding hydrogens is 326 g/mol. The minimum atomic E-state index is -3.51. The molecule has 6 heteroatoms. The van der Waals surface area contributed by atoms with Gasteiger partial charge < -0.3 is 4.74 Å². The van der Waals surface area contributed by atoms with Crippen molar-refractivity contribution in [1.82, 2.24) is 4.72 Å². The minimum Gasteiger partial charge on any atom is -0.423 e. The Morgan fingerprint density at radius 2 is 1.75 bits per heavy atom. The Balaban J connectivity index is 1.73. The third kappa shape index (κ3) is 3.83. The van der Waals surface area contributed by atoms with Crippen LogP contribution >= 0.6 is 0 Å². The van der Waals surface area contributed by atoms with Crippen molar-refractivity contribution < 1.29 is 17.9 Å². The van der Waals surface area contributed by atoms with Gasteiger partial charge in [-0.05, 0) is 62.6 Å². The summed E-state index contributed by atoms with van der Waals surface area (Å²) < 4.78 is 32.2. The van der Waals surface area contributed by atoms with Gasteiger partial charge in [-0.2, -0.15) is 0 Å². The third-order valence-electron chi connectivity index (χ3n) is 3.83. The van der Waals surface area contributed by atoms with E-state index in [0.29, 0.717) is 11.3 Å². The van der Waals surface area contributed by atoms with Crippen LogP contribution in [0.5, 0.6) is 5.75 Å². The number of ether oxygens (including phenoxy) is 1. The topological polar surface area (TPSA) is 72.5 Å². The molecule has 3 rings (SSSR count). The van der Waals surface area contributed by atoms with Crippen LogP contribution in [0.3, 0.4) is 0 Å². The fourth-order valence-corrected chi connectivity index (χ4v) is 3.64. The Morgan fingerprint density at radius 1 is 1.08 bits per heavy atom. The number of rotatable bonds is 5. The predicted octanol–water partition coefficient (Wildman–Crippen LogP) is 2.96. The van der Waals surface area contributed by atoms with Crippen LogP contribution < -0.4 is 9.46 Å². The largest absolute Gasteiger partial charge is 0.423 e. The molecule has 24 heavy (non-hydrogen) atoms. The van der Waals surface area contributed by atoms with E-state index in [1.807, 2.05) is 26.0 Å². The number of carbonyl (C=O) groups is 1. The van der Waals surface area contributed by atoms with Crippen molar-refractivity contribution in [3.05, 3.63) is 59.2 Å². The van der Waals surface area contributed by atoms with Crippen molar-refractivity contribution in [1.29, 1.82) is 0 Å². The van der Waals surface area contributed by atoms with E-state index in [2.05, 4.69) is 4.72 Å². The summed E-state index contributed by atoms with van der Waals surface area (Å²) in [6.07, 6.45) is 1.75. The van der Waals surface area contributed by atoms with Crippen molar-refractivity contribution in [3.63, 3.8) is 0 Å². The molecule has 5 nitrogen and oxygen atoms in total. The highest BCUT2D eigenvalue weighted by Crippen LogP contribution is 2.23. The van der Waals surface area contributed by atoms with Crippen LogP contribution in [0.4, 0.5) is 0 Å². The second-order valence-electron chi connectivity index (χ2n) is 6.08. The smallest absolute Gasteiger partial charge is 0.343 e. The van der Waals surface area contributed by atoms with Gasteiger partial charge in [0.2, 0.25) is 10.0 Å². The number of hydrogen-bond acceptors (Lipinski definition) is 4. The zero-order valence-electron chi connectivity index (χ0n) is 13.6. The number of sulfonamides is 1. The SMILES string of the molecule is Cc1ccc(OC(=O)c2ccc(S(=O)(=O)NC3CC3)cc2)c(C)c1. The lowest BCUT2D eigenvalue weighted by atomic mass is 10.1. The summed E-state index contributed by atoms with van der Waals surface area (Å²) in [6.45, 7) is 3.84. The van der Waals surface area contributed by atoms with Crippen LogP contribution in [0.25, 0.3) is 0 Å². The summed E-state index contributed by atoms with van der Waals surface area (Å²) in [5.41, 5.74) is 2.27. The predicted molar refractivity (Wildman–Crippen MR) is 90.7 cm³/mol. The zero-order chi connectivity index (χ0) is 17.3. The molecule has 2 aromatic rings. The number of carbonyl (C=O) groups excluding carboxylic acids is 1. The average molecular weight is 345 g/mol. The average Bonchev–Trinajstić information content (AvgIpc) is 3.33. The molecule has 0 radical (unpaired) electrons. The Bertz CT molecular complexity index is 868. The highest BCUT2D eigenvalue weighted by Gasteiger charge is 2.28. The fraction of sp³-hybridized carbons (Fsp3) is 0.278. The Kier molecular flexibility index (Phi) is 4.43. The van der Waals surface area contributed by atoms with Crippen LogP contribution in [-0.2, 0) is 10.0 Å². The van der Waals surface area contributed by atoms with E-state index in [1.54, 1.807) is 6.07 Å². The van der Waals surface area contributed by atoms with E-state index in [0.717, 1.165) is 24.0 Å². The molecule has 0 heterocycles. The number of nitrogens with one attached hydrogen (secondary N) is 1. The lowest BCUT2D eigenvalue weighted by Crippen LogP contribution is -2.25. The first-order valence-corrected chi connectivity index (χ1v) is 9.25. The van der Waals surface area contributed by atoms with Crippen LogP contribution in [0.15, 0.2) is 47.4 Å². The molecule has 1 N–H and O–H groups in total. The van der Waals surface area contributed by atoms with Gasteiger partial charge in [0, 0.05) is 6.04 Å². The van der Waals surface area contributed by atoms with Crippen molar-refractivity contribution in [2.45, 2.75) is 37.6 Å².